The van der Waals surface area contributed by atoms with Crippen LogP contribution in [0.2, 0.25) is 0 Å². The average molecular weight is 561 g/mol. The van der Waals surface area contributed by atoms with E-state index in [2.05, 4.69) is 16.7 Å². The van der Waals surface area contributed by atoms with Gasteiger partial charge in [-0.05, 0) is 72.7 Å². The van der Waals surface area contributed by atoms with Crippen molar-refractivity contribution in [2.24, 2.45) is 5.73 Å². The topological polar surface area (TPSA) is 139 Å². The second-order valence-electron chi connectivity index (χ2n) is 10.3. The van der Waals surface area contributed by atoms with Crippen molar-refractivity contribution in [2.75, 3.05) is 13.1 Å². The smallest absolute Gasteiger partial charge is 0.248 e. The first-order chi connectivity index (χ1) is 19.1. The van der Waals surface area contributed by atoms with Crippen LogP contribution in [-0.4, -0.2) is 49.6 Å². The molecule has 1 saturated heterocycles. The van der Waals surface area contributed by atoms with Crippen LogP contribution in [0.5, 0.6) is 0 Å². The molecule has 10 heteroatoms. The van der Waals surface area contributed by atoms with Crippen LogP contribution >= 0.6 is 0 Å². The van der Waals surface area contributed by atoms with Crippen molar-refractivity contribution in [3.8, 4) is 11.1 Å². The largest absolute Gasteiger partial charge is 0.366 e. The van der Waals surface area contributed by atoms with Gasteiger partial charge in [0.1, 0.15) is 6.04 Å². The maximum absolute atomic E-state index is 13.4. The fourth-order valence-corrected chi connectivity index (χ4v) is 7.03. The van der Waals surface area contributed by atoms with Crippen LogP contribution in [0.25, 0.3) is 11.1 Å². The van der Waals surface area contributed by atoms with Crippen molar-refractivity contribution in [3.05, 3.63) is 89.0 Å². The van der Waals surface area contributed by atoms with Gasteiger partial charge in [0.05, 0.1) is 17.4 Å². The number of benzene rings is 3. The lowest BCUT2D eigenvalue weighted by Crippen LogP contribution is -2.58. The first-order valence-electron chi connectivity index (χ1n) is 13.3. The Balaban J connectivity index is 1.33. The molecule has 0 bridgehead atoms. The van der Waals surface area contributed by atoms with E-state index in [-0.39, 0.29) is 36.4 Å². The molecule has 0 aromatic heterocycles. The van der Waals surface area contributed by atoms with Gasteiger partial charge < -0.3 is 16.4 Å². The van der Waals surface area contributed by atoms with Gasteiger partial charge >= 0.3 is 0 Å². The molecule has 0 spiro atoms. The van der Waals surface area contributed by atoms with Gasteiger partial charge in [-0.15, -0.1) is 0 Å². The summed E-state index contributed by atoms with van der Waals surface area (Å²) in [5, 5.41) is 5.74. The summed E-state index contributed by atoms with van der Waals surface area (Å²) >= 11 is 0. The van der Waals surface area contributed by atoms with E-state index in [4.69, 9.17) is 5.73 Å². The molecule has 1 heterocycles. The third-order valence-electron chi connectivity index (χ3n) is 7.56. The van der Waals surface area contributed by atoms with Gasteiger partial charge in [0.15, 0.2) is 0 Å². The number of hydrogen-bond donors (Lipinski definition) is 3. The van der Waals surface area contributed by atoms with Crippen molar-refractivity contribution in [3.63, 3.8) is 0 Å². The highest BCUT2D eigenvalue weighted by molar-refractivity contribution is 7.89. The third-order valence-corrected chi connectivity index (χ3v) is 9.48. The van der Waals surface area contributed by atoms with Gasteiger partial charge in [-0.25, -0.2) is 8.42 Å². The Bertz CT molecular complexity index is 1570. The Hall–Kier alpha value is -4.02. The summed E-state index contributed by atoms with van der Waals surface area (Å²) in [5.74, 6) is -1.36. The van der Waals surface area contributed by atoms with Crippen molar-refractivity contribution in [1.82, 2.24) is 14.9 Å². The molecule has 0 saturated carbocycles. The number of fused-ring (bicyclic) bond motifs is 1. The molecule has 3 aromatic rings. The Morgan fingerprint density at radius 3 is 2.55 bits per heavy atom. The van der Waals surface area contributed by atoms with Gasteiger partial charge in [-0.2, -0.15) is 4.31 Å². The van der Waals surface area contributed by atoms with E-state index in [1.54, 1.807) is 30.3 Å². The molecule has 208 valence electrons. The first kappa shape index (κ1) is 27.5. The predicted octanol–water partition coefficient (Wildman–Crippen LogP) is 2.83. The zero-order chi connectivity index (χ0) is 28.4. The maximum atomic E-state index is 13.4. The molecule has 9 nitrogen and oxygen atoms in total. The summed E-state index contributed by atoms with van der Waals surface area (Å²) in [6.07, 6.45) is 2.16. The Morgan fingerprint density at radius 1 is 1.05 bits per heavy atom. The van der Waals surface area contributed by atoms with Crippen LogP contribution in [0, 0.1) is 6.92 Å². The lowest BCUT2D eigenvalue weighted by atomic mass is 9.85. The quantitative estimate of drug-likeness (QED) is 0.408. The molecule has 1 aliphatic heterocycles. The molecule has 5 rings (SSSR count). The van der Waals surface area contributed by atoms with E-state index in [0.29, 0.717) is 5.56 Å². The molecule has 2 aliphatic rings. The lowest BCUT2D eigenvalue weighted by molar-refractivity contribution is -0.132. The number of carbonyl (C=O) groups excluding carboxylic acids is 3. The number of nitrogens with two attached hydrogens (primary N) is 1. The van der Waals surface area contributed by atoms with E-state index in [1.165, 1.54) is 12.1 Å². The fourth-order valence-electron chi connectivity index (χ4n) is 5.45. The van der Waals surface area contributed by atoms with Crippen molar-refractivity contribution < 1.29 is 22.8 Å². The molecule has 3 amide bonds. The van der Waals surface area contributed by atoms with Crippen molar-refractivity contribution in [2.45, 2.75) is 49.6 Å². The first-order valence-corrected chi connectivity index (χ1v) is 14.8. The number of sulfonamides is 1. The molecule has 3 aromatic carbocycles. The minimum Gasteiger partial charge on any atom is -0.366 e. The third kappa shape index (κ3) is 5.64. The molecule has 0 unspecified atom stereocenters. The van der Waals surface area contributed by atoms with E-state index >= 15 is 0 Å². The number of nitrogens with one attached hydrogen (secondary N) is 2. The highest BCUT2D eigenvalue weighted by atomic mass is 32.2. The van der Waals surface area contributed by atoms with Gasteiger partial charge in [0.2, 0.25) is 27.7 Å². The summed E-state index contributed by atoms with van der Waals surface area (Å²) in [4.78, 5) is 37.7. The van der Waals surface area contributed by atoms with Crippen LogP contribution in [0.1, 0.15) is 52.4 Å². The Kier molecular flexibility index (Phi) is 7.73. The van der Waals surface area contributed by atoms with Crippen LogP contribution in [-0.2, 0) is 26.0 Å². The van der Waals surface area contributed by atoms with Crippen LogP contribution in [0.15, 0.2) is 71.6 Å². The molecular weight excluding hydrogens is 528 g/mol. The summed E-state index contributed by atoms with van der Waals surface area (Å²) in [6.45, 7) is 2.14. The van der Waals surface area contributed by atoms with Crippen molar-refractivity contribution >= 4 is 27.7 Å². The molecule has 2 atom stereocenters. The normalized spacial score (nSPS) is 19.4. The van der Waals surface area contributed by atoms with Crippen LogP contribution in [0.4, 0.5) is 0 Å². The molecule has 40 heavy (non-hydrogen) atoms. The summed E-state index contributed by atoms with van der Waals surface area (Å²) in [7, 11) is -3.96. The van der Waals surface area contributed by atoms with Crippen LogP contribution in [0.3, 0.4) is 0 Å². The van der Waals surface area contributed by atoms with Crippen LogP contribution < -0.4 is 16.4 Å². The number of primary amides is 1. The molecule has 1 fully saturated rings. The number of piperazine rings is 1. The van der Waals surface area contributed by atoms with E-state index < -0.39 is 27.9 Å². The minimum absolute atomic E-state index is 0.0892. The second-order valence-corrected chi connectivity index (χ2v) is 12.2. The molecule has 1 aliphatic carbocycles. The highest BCUT2D eigenvalue weighted by Gasteiger charge is 2.40. The zero-order valence-electron chi connectivity index (χ0n) is 22.2. The van der Waals surface area contributed by atoms with E-state index in [1.807, 2.05) is 25.1 Å². The van der Waals surface area contributed by atoms with Crippen molar-refractivity contribution in [1.29, 1.82) is 0 Å². The maximum Gasteiger partial charge on any atom is 0.248 e. The highest BCUT2D eigenvalue weighted by Crippen LogP contribution is 2.33. The van der Waals surface area contributed by atoms with Gasteiger partial charge in [-0.1, -0.05) is 48.0 Å². The predicted molar refractivity (Wildman–Crippen MR) is 151 cm³/mol. The second kappa shape index (κ2) is 11.2. The number of rotatable bonds is 7. The SMILES string of the molecule is Cc1ccc(S(=O)(=O)N2CCNC(=O)[C@H]2CC(=O)N[C@@H]2CCCc3cc(-c4cccc(C(N)=O)c4)ccc32)cc1. The molecule has 0 radical (unpaired) electrons. The van der Waals surface area contributed by atoms with Gasteiger partial charge in [0.25, 0.3) is 0 Å². The summed E-state index contributed by atoms with van der Waals surface area (Å²) in [5.41, 5.74) is 10.7. The Labute approximate surface area is 233 Å². The zero-order valence-corrected chi connectivity index (χ0v) is 23.0. The molecular formula is C30H32N4O5S. The number of amides is 3. The number of nitrogens with zero attached hydrogens (tertiary/aromatic N) is 1. The van der Waals surface area contributed by atoms with E-state index in [9.17, 15) is 22.8 Å². The average Bonchev–Trinajstić information content (AvgIpc) is 2.94. The summed E-state index contributed by atoms with van der Waals surface area (Å²) in [6, 6.07) is 18.2. The number of aryl methyl sites for hydroxylation is 2. The van der Waals surface area contributed by atoms with E-state index in [0.717, 1.165) is 51.4 Å². The number of carbonyl (C=O) groups is 3. The molecule has 4 N–H and O–H groups in total. The Morgan fingerprint density at radius 2 is 1.80 bits per heavy atom. The van der Waals surface area contributed by atoms with Gasteiger partial charge in [-0.3, -0.25) is 14.4 Å². The lowest BCUT2D eigenvalue weighted by Gasteiger charge is -2.34. The monoisotopic (exact) mass is 560 g/mol. The minimum atomic E-state index is -3.96. The number of hydrogen-bond acceptors (Lipinski definition) is 5. The van der Waals surface area contributed by atoms with Gasteiger partial charge in [0, 0.05) is 18.7 Å². The summed E-state index contributed by atoms with van der Waals surface area (Å²) < 4.78 is 27.9. The standard InChI is InChI=1S/C30H32N4O5S/c1-19-8-11-24(12-9-19)40(38,39)34-15-14-32-30(37)27(34)18-28(35)33-26-7-3-5-22-16-21(10-13-25(22)26)20-4-2-6-23(17-20)29(31)36/h2,4,6,8-13,16-17,26-27H,3,5,7,14-15,18H2,1H3,(H2,31,36)(H,32,37)(H,33,35)/t26-,27-/m1/s1. The fraction of sp³-hybridized carbons (Fsp3) is 0.300.